The second-order valence-corrected chi connectivity index (χ2v) is 4.66. The molecule has 0 saturated carbocycles. The molecule has 0 aliphatic heterocycles. The van der Waals surface area contributed by atoms with Crippen LogP contribution in [0.15, 0.2) is 18.2 Å². The molecule has 1 amide bonds. The summed E-state index contributed by atoms with van der Waals surface area (Å²) in [5, 5.41) is 5.94. The third-order valence-electron chi connectivity index (χ3n) is 2.88. The molecule has 0 bridgehead atoms. The lowest BCUT2D eigenvalue weighted by Gasteiger charge is -2.17. The minimum Gasteiger partial charge on any atom is -0.481 e. The first-order valence-electron chi connectivity index (χ1n) is 6.77. The first-order valence-corrected chi connectivity index (χ1v) is 6.77. The van der Waals surface area contributed by atoms with Crippen LogP contribution in [0.3, 0.4) is 0 Å². The van der Waals surface area contributed by atoms with Gasteiger partial charge in [0.15, 0.2) is 6.10 Å². The van der Waals surface area contributed by atoms with Crippen LogP contribution in [0.1, 0.15) is 31.4 Å². The monoisotopic (exact) mass is 264 g/mol. The van der Waals surface area contributed by atoms with Crippen molar-refractivity contribution >= 4 is 5.91 Å². The summed E-state index contributed by atoms with van der Waals surface area (Å²) < 4.78 is 5.73. The lowest BCUT2D eigenvalue weighted by Crippen LogP contribution is -2.34. The molecule has 0 aliphatic rings. The molecule has 0 aromatic heterocycles. The molecule has 0 aliphatic carbocycles. The molecule has 4 heteroatoms. The van der Waals surface area contributed by atoms with Crippen molar-refractivity contribution in [2.24, 2.45) is 0 Å². The van der Waals surface area contributed by atoms with Crippen LogP contribution in [0.5, 0.6) is 5.75 Å². The smallest absolute Gasteiger partial charge is 0.260 e. The summed E-state index contributed by atoms with van der Waals surface area (Å²) in [5.74, 6) is 0.651. The molecule has 0 heterocycles. The molecule has 1 rings (SSSR count). The summed E-state index contributed by atoms with van der Waals surface area (Å²) in [4.78, 5) is 11.5. The summed E-state index contributed by atoms with van der Waals surface area (Å²) in [7, 11) is 1.61. The number of nitrogens with one attached hydrogen (secondary N) is 2. The predicted octanol–water partition coefficient (Wildman–Crippen LogP) is 2.01. The van der Waals surface area contributed by atoms with E-state index in [-0.39, 0.29) is 5.91 Å². The van der Waals surface area contributed by atoms with Gasteiger partial charge in [-0.1, -0.05) is 24.6 Å². The highest BCUT2D eigenvalue weighted by Gasteiger charge is 2.14. The number of benzene rings is 1. The zero-order valence-electron chi connectivity index (χ0n) is 12.2. The van der Waals surface area contributed by atoms with Gasteiger partial charge in [0.2, 0.25) is 0 Å². The number of carbonyl (C=O) groups excluding carboxylic acids is 1. The third-order valence-corrected chi connectivity index (χ3v) is 2.88. The second-order valence-electron chi connectivity index (χ2n) is 4.66. The molecule has 1 aromatic rings. The second kappa shape index (κ2) is 7.79. The van der Waals surface area contributed by atoms with E-state index in [4.69, 9.17) is 4.74 Å². The Kier molecular flexibility index (Phi) is 6.36. The maximum Gasteiger partial charge on any atom is 0.260 e. The van der Waals surface area contributed by atoms with E-state index >= 15 is 0 Å². The molecule has 4 nitrogen and oxygen atoms in total. The van der Waals surface area contributed by atoms with Crippen molar-refractivity contribution in [3.05, 3.63) is 29.3 Å². The van der Waals surface area contributed by atoms with Crippen molar-refractivity contribution < 1.29 is 9.53 Å². The van der Waals surface area contributed by atoms with Crippen molar-refractivity contribution in [3.8, 4) is 5.75 Å². The molecule has 106 valence electrons. The standard InChI is InChI=1S/C15H24N2O2/c1-5-8-17-10-13-9-11(2)6-7-14(13)19-12(3)15(18)16-4/h6-7,9,12,17H,5,8,10H2,1-4H3,(H,16,18). The fourth-order valence-corrected chi connectivity index (χ4v) is 1.81. The fourth-order valence-electron chi connectivity index (χ4n) is 1.81. The molecule has 0 fully saturated rings. The van der Waals surface area contributed by atoms with Gasteiger partial charge in [0.25, 0.3) is 5.91 Å². The molecule has 1 atom stereocenters. The van der Waals surface area contributed by atoms with Crippen LogP contribution in [0.2, 0.25) is 0 Å². The van der Waals surface area contributed by atoms with E-state index in [2.05, 4.69) is 30.5 Å². The van der Waals surface area contributed by atoms with Crippen molar-refractivity contribution in [3.63, 3.8) is 0 Å². The number of hydrogen-bond acceptors (Lipinski definition) is 3. The quantitative estimate of drug-likeness (QED) is 0.741. The molecule has 1 unspecified atom stereocenters. The van der Waals surface area contributed by atoms with Gasteiger partial charge in [-0.25, -0.2) is 0 Å². The Labute approximate surface area is 115 Å². The number of rotatable bonds is 7. The highest BCUT2D eigenvalue weighted by molar-refractivity contribution is 5.80. The molecule has 0 saturated heterocycles. The first-order chi connectivity index (χ1) is 9.08. The van der Waals surface area contributed by atoms with Gasteiger partial charge >= 0.3 is 0 Å². The van der Waals surface area contributed by atoms with Gasteiger partial charge in [0, 0.05) is 19.2 Å². The molecular weight excluding hydrogens is 240 g/mol. The van der Waals surface area contributed by atoms with E-state index in [1.165, 1.54) is 5.56 Å². The van der Waals surface area contributed by atoms with Crippen molar-refractivity contribution in [2.75, 3.05) is 13.6 Å². The van der Waals surface area contributed by atoms with Gasteiger partial charge in [-0.2, -0.15) is 0 Å². The molecule has 1 aromatic carbocycles. The minimum absolute atomic E-state index is 0.118. The number of carbonyl (C=O) groups is 1. The molecule has 2 N–H and O–H groups in total. The SMILES string of the molecule is CCCNCc1cc(C)ccc1OC(C)C(=O)NC. The molecule has 0 spiro atoms. The number of amides is 1. The van der Waals surface area contributed by atoms with Crippen molar-refractivity contribution in [2.45, 2.75) is 39.8 Å². The van der Waals surface area contributed by atoms with Crippen molar-refractivity contribution in [1.82, 2.24) is 10.6 Å². The zero-order valence-corrected chi connectivity index (χ0v) is 12.2. The third kappa shape index (κ3) is 4.91. The maximum absolute atomic E-state index is 11.5. The minimum atomic E-state index is -0.488. The highest BCUT2D eigenvalue weighted by Crippen LogP contribution is 2.21. The van der Waals surface area contributed by atoms with Crippen LogP contribution in [0.4, 0.5) is 0 Å². The molecular formula is C15H24N2O2. The Balaban J connectivity index is 2.78. The van der Waals surface area contributed by atoms with Crippen LogP contribution >= 0.6 is 0 Å². The topological polar surface area (TPSA) is 50.4 Å². The lowest BCUT2D eigenvalue weighted by molar-refractivity contribution is -0.126. The summed E-state index contributed by atoms with van der Waals surface area (Å²) in [6.45, 7) is 7.66. The van der Waals surface area contributed by atoms with Gasteiger partial charge in [-0.05, 0) is 32.9 Å². The Morgan fingerprint density at radius 1 is 1.42 bits per heavy atom. The van der Waals surface area contributed by atoms with Gasteiger partial charge in [-0.15, -0.1) is 0 Å². The summed E-state index contributed by atoms with van der Waals surface area (Å²) >= 11 is 0. The van der Waals surface area contributed by atoms with Crippen LogP contribution in [-0.4, -0.2) is 25.6 Å². The lowest BCUT2D eigenvalue weighted by atomic mass is 10.1. The number of likely N-dealkylation sites (N-methyl/N-ethyl adjacent to an activating group) is 1. The maximum atomic E-state index is 11.5. The Morgan fingerprint density at radius 2 is 2.16 bits per heavy atom. The Morgan fingerprint density at radius 3 is 2.79 bits per heavy atom. The van der Waals surface area contributed by atoms with E-state index in [0.29, 0.717) is 0 Å². The van der Waals surface area contributed by atoms with E-state index in [0.717, 1.165) is 30.8 Å². The molecule has 0 radical (unpaired) electrons. The normalized spacial score (nSPS) is 12.0. The molecule has 19 heavy (non-hydrogen) atoms. The summed E-state index contributed by atoms with van der Waals surface area (Å²) in [5.41, 5.74) is 2.28. The van der Waals surface area contributed by atoms with Gasteiger partial charge in [-0.3, -0.25) is 4.79 Å². The highest BCUT2D eigenvalue weighted by atomic mass is 16.5. The van der Waals surface area contributed by atoms with Gasteiger partial charge in [0.1, 0.15) is 5.75 Å². The zero-order chi connectivity index (χ0) is 14.3. The summed E-state index contributed by atoms with van der Waals surface area (Å²) in [6, 6.07) is 6.02. The number of hydrogen-bond donors (Lipinski definition) is 2. The van der Waals surface area contributed by atoms with E-state index < -0.39 is 6.10 Å². The van der Waals surface area contributed by atoms with Crippen LogP contribution in [-0.2, 0) is 11.3 Å². The predicted molar refractivity (Wildman–Crippen MR) is 77.3 cm³/mol. The van der Waals surface area contributed by atoms with E-state index in [9.17, 15) is 4.79 Å². The van der Waals surface area contributed by atoms with E-state index in [1.807, 2.05) is 12.1 Å². The Bertz CT molecular complexity index is 419. The van der Waals surface area contributed by atoms with Crippen molar-refractivity contribution in [1.29, 1.82) is 0 Å². The van der Waals surface area contributed by atoms with Gasteiger partial charge < -0.3 is 15.4 Å². The number of aryl methyl sites for hydroxylation is 1. The van der Waals surface area contributed by atoms with E-state index in [1.54, 1.807) is 14.0 Å². The summed E-state index contributed by atoms with van der Waals surface area (Å²) in [6.07, 6.45) is 0.606. The Hall–Kier alpha value is -1.55. The average molecular weight is 264 g/mol. The number of ether oxygens (including phenoxy) is 1. The van der Waals surface area contributed by atoms with Crippen LogP contribution in [0.25, 0.3) is 0 Å². The first kappa shape index (κ1) is 15.5. The fraction of sp³-hybridized carbons (Fsp3) is 0.533. The van der Waals surface area contributed by atoms with Gasteiger partial charge in [0.05, 0.1) is 0 Å². The van der Waals surface area contributed by atoms with Crippen LogP contribution in [0, 0.1) is 6.92 Å². The largest absolute Gasteiger partial charge is 0.481 e. The average Bonchev–Trinajstić information content (AvgIpc) is 2.40. The van der Waals surface area contributed by atoms with Crippen LogP contribution < -0.4 is 15.4 Å².